The van der Waals surface area contributed by atoms with E-state index in [9.17, 15) is 10.1 Å². The molecule has 27 heavy (non-hydrogen) atoms. The zero-order valence-electron chi connectivity index (χ0n) is 15.3. The van der Waals surface area contributed by atoms with Crippen molar-refractivity contribution in [2.75, 3.05) is 42.9 Å². The fourth-order valence-electron chi connectivity index (χ4n) is 3.82. The number of pyridine rings is 1. The number of piperazine rings is 1. The van der Waals surface area contributed by atoms with Crippen LogP contribution < -0.4 is 10.2 Å². The zero-order chi connectivity index (χ0) is 18.6. The molecule has 2 aromatic heterocycles. The van der Waals surface area contributed by atoms with Gasteiger partial charge in [-0.3, -0.25) is 9.69 Å². The maximum Gasteiger partial charge on any atom is 0.239 e. The van der Waals surface area contributed by atoms with Gasteiger partial charge in [-0.05, 0) is 43.4 Å². The highest BCUT2D eigenvalue weighted by Gasteiger charge is 2.23. The number of nitriles is 1. The van der Waals surface area contributed by atoms with Gasteiger partial charge in [0.15, 0.2) is 0 Å². The summed E-state index contributed by atoms with van der Waals surface area (Å²) in [6.07, 6.45) is 6.10. The molecule has 4 rings (SSSR count). The lowest BCUT2D eigenvalue weighted by Gasteiger charge is -2.34. The average Bonchev–Trinajstić information content (AvgIpc) is 3.06. The third-order valence-corrected chi connectivity index (χ3v) is 6.46. The fourth-order valence-corrected chi connectivity index (χ4v) is 5.07. The molecule has 0 unspecified atom stereocenters. The summed E-state index contributed by atoms with van der Waals surface area (Å²) in [7, 11) is 0. The number of fused-ring (bicyclic) bond motifs is 1. The van der Waals surface area contributed by atoms with E-state index in [0.29, 0.717) is 12.1 Å². The lowest BCUT2D eigenvalue weighted by Crippen LogP contribution is -2.48. The van der Waals surface area contributed by atoms with Gasteiger partial charge in [0.25, 0.3) is 0 Å². The Morgan fingerprint density at radius 3 is 2.78 bits per heavy atom. The van der Waals surface area contributed by atoms with Gasteiger partial charge in [0.05, 0.1) is 12.1 Å². The first-order valence-corrected chi connectivity index (χ1v) is 10.3. The minimum Gasteiger partial charge on any atom is -0.354 e. The van der Waals surface area contributed by atoms with E-state index in [2.05, 4.69) is 26.2 Å². The molecular formula is C20H23N5OS. The summed E-state index contributed by atoms with van der Waals surface area (Å²) in [5.74, 6) is 0.959. The molecule has 0 atom stereocenters. The van der Waals surface area contributed by atoms with Crippen LogP contribution in [0.2, 0.25) is 0 Å². The summed E-state index contributed by atoms with van der Waals surface area (Å²) in [5, 5.41) is 13.3. The van der Waals surface area contributed by atoms with Crippen molar-refractivity contribution in [3.8, 4) is 6.07 Å². The van der Waals surface area contributed by atoms with Crippen molar-refractivity contribution in [3.63, 3.8) is 0 Å². The zero-order valence-corrected chi connectivity index (χ0v) is 16.1. The van der Waals surface area contributed by atoms with Crippen LogP contribution in [-0.2, 0) is 17.6 Å². The molecule has 2 aliphatic rings. The number of rotatable bonds is 4. The largest absolute Gasteiger partial charge is 0.354 e. The minimum atomic E-state index is -0.0311. The molecule has 0 spiro atoms. The van der Waals surface area contributed by atoms with Gasteiger partial charge in [-0.25, -0.2) is 4.98 Å². The molecule has 0 aromatic carbocycles. The molecule has 0 radical (unpaired) electrons. The van der Waals surface area contributed by atoms with Crippen molar-refractivity contribution in [1.82, 2.24) is 9.88 Å². The third kappa shape index (κ3) is 3.97. The van der Waals surface area contributed by atoms with Gasteiger partial charge in [-0.2, -0.15) is 5.26 Å². The Bertz CT molecular complexity index is 849. The first-order chi connectivity index (χ1) is 13.2. The second-order valence-corrected chi connectivity index (χ2v) is 8.13. The smallest absolute Gasteiger partial charge is 0.239 e. The van der Waals surface area contributed by atoms with Crippen LogP contribution >= 0.6 is 11.3 Å². The van der Waals surface area contributed by atoms with Crippen molar-refractivity contribution >= 4 is 28.1 Å². The summed E-state index contributed by atoms with van der Waals surface area (Å²) in [6, 6.07) is 8.24. The van der Waals surface area contributed by atoms with E-state index in [1.807, 2.05) is 24.4 Å². The predicted molar refractivity (Wildman–Crippen MR) is 107 cm³/mol. The number of anilines is 2. The van der Waals surface area contributed by atoms with E-state index in [1.165, 1.54) is 11.3 Å². The Morgan fingerprint density at radius 2 is 2.04 bits per heavy atom. The molecule has 1 aliphatic carbocycles. The number of hydrogen-bond donors (Lipinski definition) is 1. The van der Waals surface area contributed by atoms with E-state index in [1.54, 1.807) is 11.3 Å². The van der Waals surface area contributed by atoms with Crippen LogP contribution in [0, 0.1) is 11.3 Å². The number of hydrogen-bond acceptors (Lipinski definition) is 6. The van der Waals surface area contributed by atoms with Crippen molar-refractivity contribution < 1.29 is 4.79 Å². The van der Waals surface area contributed by atoms with Gasteiger partial charge in [0, 0.05) is 37.3 Å². The number of aromatic nitrogens is 1. The van der Waals surface area contributed by atoms with Crippen LogP contribution in [0.5, 0.6) is 0 Å². The van der Waals surface area contributed by atoms with Gasteiger partial charge >= 0.3 is 0 Å². The Hall–Kier alpha value is -2.43. The van der Waals surface area contributed by atoms with Gasteiger partial charge in [-0.15, -0.1) is 11.3 Å². The number of carbonyl (C=O) groups is 1. The molecule has 0 saturated carbocycles. The second kappa shape index (κ2) is 8.07. The molecule has 6 nitrogen and oxygen atoms in total. The quantitative estimate of drug-likeness (QED) is 0.881. The molecule has 1 amide bonds. The Morgan fingerprint density at radius 1 is 1.22 bits per heavy atom. The highest BCUT2D eigenvalue weighted by molar-refractivity contribution is 7.16. The van der Waals surface area contributed by atoms with Crippen molar-refractivity contribution in [2.45, 2.75) is 25.7 Å². The molecule has 3 heterocycles. The SMILES string of the molecule is N#Cc1c(NC(=O)CN2CCN(c3ccccn3)CC2)sc2c1CCCC2. The van der Waals surface area contributed by atoms with Gasteiger partial charge in [0.2, 0.25) is 5.91 Å². The normalized spacial score (nSPS) is 17.2. The second-order valence-electron chi connectivity index (χ2n) is 7.03. The third-order valence-electron chi connectivity index (χ3n) is 5.25. The summed E-state index contributed by atoms with van der Waals surface area (Å²) < 4.78 is 0. The lowest BCUT2D eigenvalue weighted by molar-refractivity contribution is -0.117. The Balaban J connectivity index is 1.33. The number of amides is 1. The number of aryl methyl sites for hydroxylation is 1. The topological polar surface area (TPSA) is 72.3 Å². The predicted octanol–water partition coefficient (Wildman–Crippen LogP) is 2.65. The van der Waals surface area contributed by atoms with Crippen LogP contribution in [0.15, 0.2) is 24.4 Å². The van der Waals surface area contributed by atoms with Crippen LogP contribution in [-0.4, -0.2) is 48.5 Å². The average molecular weight is 382 g/mol. The molecule has 0 bridgehead atoms. The molecule has 1 fully saturated rings. The molecule has 140 valence electrons. The van der Waals surface area contributed by atoms with Gasteiger partial charge < -0.3 is 10.2 Å². The van der Waals surface area contributed by atoms with E-state index in [4.69, 9.17) is 0 Å². The van der Waals surface area contributed by atoms with Crippen LogP contribution in [0.4, 0.5) is 10.8 Å². The summed E-state index contributed by atoms with van der Waals surface area (Å²) >= 11 is 1.59. The van der Waals surface area contributed by atoms with E-state index >= 15 is 0 Å². The van der Waals surface area contributed by atoms with Crippen LogP contribution in [0.1, 0.15) is 28.8 Å². The highest BCUT2D eigenvalue weighted by atomic mass is 32.1. The monoisotopic (exact) mass is 381 g/mol. The van der Waals surface area contributed by atoms with Crippen molar-refractivity contribution in [3.05, 3.63) is 40.4 Å². The first kappa shape index (κ1) is 18.0. The summed E-state index contributed by atoms with van der Waals surface area (Å²) in [5.41, 5.74) is 1.84. The summed E-state index contributed by atoms with van der Waals surface area (Å²) in [4.78, 5) is 22.6. The molecule has 1 aliphatic heterocycles. The van der Waals surface area contributed by atoms with Crippen LogP contribution in [0.25, 0.3) is 0 Å². The highest BCUT2D eigenvalue weighted by Crippen LogP contribution is 2.37. The molecule has 2 aromatic rings. The number of thiophene rings is 1. The van der Waals surface area contributed by atoms with Gasteiger partial charge in [-0.1, -0.05) is 6.07 Å². The standard InChI is InChI=1S/C20H23N5OS/c21-13-16-15-5-1-2-6-17(15)27-20(16)23-19(26)14-24-9-11-25(12-10-24)18-7-3-4-8-22-18/h3-4,7-8H,1-2,5-6,9-12,14H2,(H,23,26). The molecule has 1 saturated heterocycles. The fraction of sp³-hybridized carbons (Fsp3) is 0.450. The van der Waals surface area contributed by atoms with Gasteiger partial charge in [0.1, 0.15) is 16.9 Å². The number of nitrogens with one attached hydrogen (secondary N) is 1. The Labute approximate surface area is 163 Å². The Kier molecular flexibility index (Phi) is 5.37. The maximum absolute atomic E-state index is 12.5. The van der Waals surface area contributed by atoms with E-state index < -0.39 is 0 Å². The molecule has 1 N–H and O–H groups in total. The summed E-state index contributed by atoms with van der Waals surface area (Å²) in [6.45, 7) is 3.75. The maximum atomic E-state index is 12.5. The molecular weight excluding hydrogens is 358 g/mol. The first-order valence-electron chi connectivity index (χ1n) is 9.47. The lowest BCUT2D eigenvalue weighted by atomic mass is 9.96. The van der Waals surface area contributed by atoms with E-state index in [-0.39, 0.29) is 5.91 Å². The molecule has 7 heteroatoms. The number of nitrogens with zero attached hydrogens (tertiary/aromatic N) is 4. The van der Waals surface area contributed by atoms with Crippen LogP contribution in [0.3, 0.4) is 0 Å². The number of carbonyl (C=O) groups excluding carboxylic acids is 1. The minimum absolute atomic E-state index is 0.0311. The van der Waals surface area contributed by atoms with Crippen molar-refractivity contribution in [1.29, 1.82) is 5.26 Å². The van der Waals surface area contributed by atoms with Crippen molar-refractivity contribution in [2.24, 2.45) is 0 Å². The van der Waals surface area contributed by atoms with E-state index in [0.717, 1.165) is 61.8 Å².